The number of amides is 2. The number of thiazole rings is 1. The SMILES string of the molecule is C[C@]12CC[C@@H](CCc3ccccc3)C(=O)N1[C@H](C(=O)NC(CCC[NH+]=C(N)N)C(=O)c1nc3ccccc3s1)CS2. The molecule has 216 valence electrons. The van der Waals surface area contributed by atoms with Gasteiger partial charge in [0.05, 0.1) is 27.7 Å². The third-order valence-electron chi connectivity index (χ3n) is 7.98. The van der Waals surface area contributed by atoms with E-state index in [-0.39, 0.29) is 29.5 Å². The minimum atomic E-state index is -0.783. The number of nitrogens with two attached hydrogens (primary N) is 2. The molecule has 6 N–H and O–H groups in total. The molecule has 2 aliphatic heterocycles. The molecule has 3 heterocycles. The summed E-state index contributed by atoms with van der Waals surface area (Å²) >= 11 is 2.97. The lowest BCUT2D eigenvalue weighted by Crippen LogP contribution is -2.78. The van der Waals surface area contributed by atoms with E-state index in [0.29, 0.717) is 30.1 Å². The van der Waals surface area contributed by atoms with Crippen LogP contribution in [0.15, 0.2) is 54.6 Å². The molecule has 2 aromatic carbocycles. The molecule has 41 heavy (non-hydrogen) atoms. The van der Waals surface area contributed by atoms with Gasteiger partial charge in [0.2, 0.25) is 17.6 Å². The first-order valence-corrected chi connectivity index (χ1v) is 15.9. The quantitative estimate of drug-likeness (QED) is 0.115. The highest BCUT2D eigenvalue weighted by molar-refractivity contribution is 8.00. The summed E-state index contributed by atoms with van der Waals surface area (Å²) in [4.78, 5) is 50.0. The van der Waals surface area contributed by atoms with Crippen LogP contribution in [-0.4, -0.2) is 62.7 Å². The number of rotatable bonds is 11. The third-order valence-corrected chi connectivity index (χ3v) is 10.5. The van der Waals surface area contributed by atoms with Gasteiger partial charge in [-0.1, -0.05) is 42.5 Å². The van der Waals surface area contributed by atoms with Crippen molar-refractivity contribution in [2.75, 3.05) is 12.3 Å². The molecule has 0 spiro atoms. The molecular formula is C30H37N6O3S2+. The third kappa shape index (κ3) is 6.56. The van der Waals surface area contributed by atoms with Gasteiger partial charge in [0.1, 0.15) is 6.04 Å². The number of Topliss-reactive ketones (excluding diaryl/α,β-unsaturated/α-hetero) is 1. The van der Waals surface area contributed by atoms with E-state index in [1.54, 1.807) is 16.7 Å². The van der Waals surface area contributed by atoms with Crippen LogP contribution in [0.25, 0.3) is 10.2 Å². The fourth-order valence-corrected chi connectivity index (χ4v) is 8.12. The monoisotopic (exact) mass is 593 g/mol. The van der Waals surface area contributed by atoms with Crippen LogP contribution in [-0.2, 0) is 16.0 Å². The number of carbonyl (C=O) groups excluding carboxylic acids is 3. The Morgan fingerprint density at radius 3 is 2.68 bits per heavy atom. The maximum Gasteiger partial charge on any atom is 0.338 e. The molecule has 1 unspecified atom stereocenters. The van der Waals surface area contributed by atoms with Gasteiger partial charge in [0.15, 0.2) is 5.01 Å². The van der Waals surface area contributed by atoms with Gasteiger partial charge in [-0.2, -0.15) is 0 Å². The Bertz CT molecular complexity index is 1410. The number of carbonyl (C=O) groups is 3. The van der Waals surface area contributed by atoms with Crippen LogP contribution in [0.2, 0.25) is 0 Å². The first-order valence-electron chi connectivity index (χ1n) is 14.1. The number of aryl methyl sites for hydroxylation is 1. The molecule has 1 aromatic heterocycles. The fourth-order valence-electron chi connectivity index (χ4n) is 5.72. The number of para-hydroxylation sites is 1. The largest absolute Gasteiger partial charge is 0.344 e. The lowest BCUT2D eigenvalue weighted by atomic mass is 9.86. The summed E-state index contributed by atoms with van der Waals surface area (Å²) < 4.78 is 0.913. The van der Waals surface area contributed by atoms with E-state index in [0.717, 1.165) is 35.9 Å². The van der Waals surface area contributed by atoms with Crippen molar-refractivity contribution in [2.24, 2.45) is 17.4 Å². The Labute approximate surface area is 248 Å². The van der Waals surface area contributed by atoms with Gasteiger partial charge in [0.25, 0.3) is 0 Å². The van der Waals surface area contributed by atoms with Crippen LogP contribution in [0.5, 0.6) is 0 Å². The number of benzene rings is 2. The normalized spacial score (nSPS) is 22.8. The van der Waals surface area contributed by atoms with Gasteiger partial charge in [-0.15, -0.1) is 23.1 Å². The maximum absolute atomic E-state index is 13.8. The Hall–Kier alpha value is -3.44. The van der Waals surface area contributed by atoms with Gasteiger partial charge >= 0.3 is 5.96 Å². The van der Waals surface area contributed by atoms with Crippen molar-refractivity contribution in [1.29, 1.82) is 0 Å². The lowest BCUT2D eigenvalue weighted by Gasteiger charge is -2.44. The Morgan fingerprint density at radius 1 is 1.17 bits per heavy atom. The number of nitrogens with one attached hydrogen (secondary N) is 2. The van der Waals surface area contributed by atoms with Crippen molar-refractivity contribution < 1.29 is 19.4 Å². The van der Waals surface area contributed by atoms with Crippen molar-refractivity contribution in [1.82, 2.24) is 15.2 Å². The van der Waals surface area contributed by atoms with Crippen LogP contribution >= 0.6 is 23.1 Å². The highest BCUT2D eigenvalue weighted by atomic mass is 32.2. The van der Waals surface area contributed by atoms with Crippen molar-refractivity contribution in [3.63, 3.8) is 0 Å². The van der Waals surface area contributed by atoms with Crippen molar-refractivity contribution >= 4 is 56.9 Å². The summed E-state index contributed by atoms with van der Waals surface area (Å²) in [5, 5.41) is 3.36. The van der Waals surface area contributed by atoms with Crippen LogP contribution < -0.4 is 21.8 Å². The van der Waals surface area contributed by atoms with Crippen LogP contribution in [0.1, 0.15) is 54.4 Å². The minimum absolute atomic E-state index is 0.0343. The zero-order chi connectivity index (χ0) is 29.0. The zero-order valence-corrected chi connectivity index (χ0v) is 24.8. The summed E-state index contributed by atoms with van der Waals surface area (Å²) in [6.45, 7) is 2.52. The smallest absolute Gasteiger partial charge is 0.338 e. The molecular weight excluding hydrogens is 557 g/mol. The number of thioether (sulfide) groups is 1. The van der Waals surface area contributed by atoms with Crippen molar-refractivity contribution in [3.8, 4) is 0 Å². The summed E-state index contributed by atoms with van der Waals surface area (Å²) in [5.74, 6) is -0.00910. The Balaban J connectivity index is 1.31. The highest BCUT2D eigenvalue weighted by Crippen LogP contribution is 2.48. The highest BCUT2D eigenvalue weighted by Gasteiger charge is 2.53. The molecule has 0 saturated carbocycles. The summed E-state index contributed by atoms with van der Waals surface area (Å²) in [6, 6.07) is 16.3. The average Bonchev–Trinajstić information content (AvgIpc) is 3.56. The molecule has 4 atom stereocenters. The second-order valence-electron chi connectivity index (χ2n) is 10.9. The van der Waals surface area contributed by atoms with E-state index in [2.05, 4.69) is 34.3 Å². The molecule has 9 nitrogen and oxygen atoms in total. The number of hydrogen-bond acceptors (Lipinski definition) is 6. The number of ketones is 1. The van der Waals surface area contributed by atoms with Crippen molar-refractivity contribution in [2.45, 2.75) is 62.4 Å². The fraction of sp³-hybridized carbons (Fsp3) is 0.433. The number of piperidine rings is 1. The van der Waals surface area contributed by atoms with E-state index < -0.39 is 17.0 Å². The van der Waals surface area contributed by atoms with Crippen LogP contribution in [0, 0.1) is 5.92 Å². The molecule has 2 amide bonds. The number of guanidine groups is 1. The molecule has 0 aliphatic carbocycles. The van der Waals surface area contributed by atoms with Gasteiger partial charge in [-0.3, -0.25) is 30.8 Å². The zero-order valence-electron chi connectivity index (χ0n) is 23.2. The summed E-state index contributed by atoms with van der Waals surface area (Å²) in [5.41, 5.74) is 13.0. The van der Waals surface area contributed by atoms with E-state index in [1.807, 2.05) is 42.5 Å². The molecule has 2 saturated heterocycles. The van der Waals surface area contributed by atoms with Crippen LogP contribution in [0.3, 0.4) is 0 Å². The molecule has 11 heteroatoms. The van der Waals surface area contributed by atoms with Gasteiger partial charge in [-0.25, -0.2) is 4.98 Å². The van der Waals surface area contributed by atoms with Gasteiger partial charge in [-0.05, 0) is 63.1 Å². The predicted molar refractivity (Wildman–Crippen MR) is 163 cm³/mol. The summed E-state index contributed by atoms with van der Waals surface area (Å²) in [7, 11) is 0. The number of aromatic nitrogens is 1. The molecule has 2 fully saturated rings. The Morgan fingerprint density at radius 2 is 1.93 bits per heavy atom. The van der Waals surface area contributed by atoms with Crippen molar-refractivity contribution in [3.05, 3.63) is 65.2 Å². The predicted octanol–water partition coefficient (Wildman–Crippen LogP) is 1.80. The van der Waals surface area contributed by atoms with E-state index in [4.69, 9.17) is 11.5 Å². The number of fused-ring (bicyclic) bond motifs is 2. The lowest BCUT2D eigenvalue weighted by molar-refractivity contribution is -0.459. The average molecular weight is 594 g/mol. The molecule has 0 radical (unpaired) electrons. The second-order valence-corrected chi connectivity index (χ2v) is 13.4. The van der Waals surface area contributed by atoms with Gasteiger partial charge < -0.3 is 10.2 Å². The number of hydrogen-bond donors (Lipinski definition) is 4. The first-order chi connectivity index (χ1) is 19.7. The second kappa shape index (κ2) is 12.6. The standard InChI is InChI=1S/C30H36N6O3S2/c1-30-16-15-20(14-13-19-8-3-2-4-9-19)28(39)36(30)23(18-40-30)26(38)34-22(11-7-17-33-29(31)32)25(37)27-35-21-10-5-6-12-24(21)41-27/h2-6,8-10,12,20,22-23H,7,11,13-18H2,1H3,(H,34,38)(H4,31,32,33)/p+1/t20-,22?,23+,30+/m1/s1. The molecule has 2 aliphatic rings. The first kappa shape index (κ1) is 29.1. The van der Waals surface area contributed by atoms with E-state index in [9.17, 15) is 14.4 Å². The number of nitrogens with zero attached hydrogens (tertiary/aromatic N) is 2. The van der Waals surface area contributed by atoms with Crippen LogP contribution in [0.4, 0.5) is 0 Å². The molecule has 0 bridgehead atoms. The van der Waals surface area contributed by atoms with E-state index >= 15 is 0 Å². The topological polar surface area (TPSA) is 145 Å². The minimum Gasteiger partial charge on any atom is -0.344 e. The molecule has 5 rings (SSSR count). The summed E-state index contributed by atoms with van der Waals surface area (Å²) in [6.07, 6.45) is 4.16. The van der Waals surface area contributed by atoms with E-state index in [1.165, 1.54) is 16.9 Å². The van der Waals surface area contributed by atoms with Gasteiger partial charge in [0, 0.05) is 11.7 Å². The maximum atomic E-state index is 13.8. The molecule has 3 aromatic rings. The Kier molecular flexibility index (Phi) is 8.94.